The summed E-state index contributed by atoms with van der Waals surface area (Å²) in [5, 5.41) is 0. The molecule has 3 nitrogen and oxygen atoms in total. The van der Waals surface area contributed by atoms with Crippen molar-refractivity contribution in [1.29, 1.82) is 0 Å². The number of nitrogen functional groups attached to an aromatic ring is 2. The Morgan fingerprint density at radius 3 is 2.36 bits per heavy atom. The normalized spacial score (nSPS) is 10.0. The van der Waals surface area contributed by atoms with Gasteiger partial charge in [-0.3, -0.25) is 11.6 Å². The van der Waals surface area contributed by atoms with E-state index in [1.165, 1.54) is 4.68 Å². The maximum absolute atomic E-state index is 5.85. The van der Waals surface area contributed by atoms with E-state index >= 15 is 0 Å². The van der Waals surface area contributed by atoms with E-state index in [9.17, 15) is 0 Å². The monoisotopic (exact) mass is 186 g/mol. The summed E-state index contributed by atoms with van der Waals surface area (Å²) in [6, 6.07) is 13.8. The highest BCUT2D eigenvalue weighted by atomic mass is 15.3. The standard InChI is InChI=1S/C11H11N3/c12-11-10(7-4-8-14(11)13)9-5-2-1-3-6-9/h1-8,12H,13H2/p+1. The van der Waals surface area contributed by atoms with Crippen LogP contribution in [0.4, 0.5) is 5.82 Å². The lowest BCUT2D eigenvalue weighted by Crippen LogP contribution is -2.46. The molecule has 0 amide bonds. The fourth-order valence-electron chi connectivity index (χ4n) is 1.40. The number of hydrogen-bond donors (Lipinski definition) is 2. The lowest BCUT2D eigenvalue weighted by Gasteiger charge is -2.02. The summed E-state index contributed by atoms with van der Waals surface area (Å²) in [5.74, 6) is 6.22. The van der Waals surface area contributed by atoms with Crippen LogP contribution in [0.5, 0.6) is 0 Å². The summed E-state index contributed by atoms with van der Waals surface area (Å²) in [6.07, 6.45) is 1.72. The van der Waals surface area contributed by atoms with Gasteiger partial charge >= 0.3 is 5.82 Å². The molecule has 2 rings (SSSR count). The zero-order chi connectivity index (χ0) is 9.97. The van der Waals surface area contributed by atoms with Gasteiger partial charge in [0, 0.05) is 0 Å². The summed E-state index contributed by atoms with van der Waals surface area (Å²) in [4.78, 5) is 0. The van der Waals surface area contributed by atoms with Gasteiger partial charge in [0.15, 0.2) is 0 Å². The van der Waals surface area contributed by atoms with Gasteiger partial charge in [-0.2, -0.15) is 0 Å². The lowest BCUT2D eigenvalue weighted by molar-refractivity contribution is -0.623. The van der Waals surface area contributed by atoms with Crippen molar-refractivity contribution >= 4 is 5.82 Å². The first-order chi connectivity index (χ1) is 6.79. The van der Waals surface area contributed by atoms with Crippen LogP contribution in [0.2, 0.25) is 0 Å². The Morgan fingerprint density at radius 2 is 1.64 bits per heavy atom. The highest BCUT2D eigenvalue weighted by Gasteiger charge is 2.09. The van der Waals surface area contributed by atoms with E-state index in [1.807, 2.05) is 42.5 Å². The molecule has 14 heavy (non-hydrogen) atoms. The number of benzene rings is 1. The van der Waals surface area contributed by atoms with Crippen LogP contribution in [-0.4, -0.2) is 0 Å². The minimum atomic E-state index is 0.568. The molecule has 0 unspecified atom stereocenters. The number of hydrogen-bond acceptors (Lipinski definition) is 2. The molecule has 0 atom stereocenters. The van der Waals surface area contributed by atoms with Gasteiger partial charge in [-0.15, -0.1) is 4.68 Å². The topological polar surface area (TPSA) is 55.9 Å². The summed E-state index contributed by atoms with van der Waals surface area (Å²) in [7, 11) is 0. The molecule has 1 heterocycles. The Labute approximate surface area is 82.6 Å². The molecular weight excluding hydrogens is 174 g/mol. The van der Waals surface area contributed by atoms with Gasteiger partial charge in [-0.25, -0.2) is 0 Å². The third-order valence-corrected chi connectivity index (χ3v) is 2.15. The Bertz CT molecular complexity index is 438. The molecule has 70 valence electrons. The number of anilines is 1. The second-order valence-corrected chi connectivity index (χ2v) is 3.08. The minimum absolute atomic E-state index is 0.568. The SMILES string of the molecule is Nc1c(-c2ccccc2)ccc[n+]1N. The zero-order valence-electron chi connectivity index (χ0n) is 7.72. The van der Waals surface area contributed by atoms with E-state index in [-0.39, 0.29) is 0 Å². The number of aromatic nitrogens is 1. The molecule has 0 spiro atoms. The number of nitrogens with zero attached hydrogens (tertiary/aromatic N) is 1. The Morgan fingerprint density at radius 1 is 0.929 bits per heavy atom. The summed E-state index contributed by atoms with van der Waals surface area (Å²) in [6.45, 7) is 0. The van der Waals surface area contributed by atoms with Crippen LogP contribution < -0.4 is 16.3 Å². The first-order valence-corrected chi connectivity index (χ1v) is 4.39. The molecule has 0 radical (unpaired) electrons. The van der Waals surface area contributed by atoms with Crippen molar-refractivity contribution in [3.05, 3.63) is 48.7 Å². The van der Waals surface area contributed by atoms with Crippen LogP contribution in [0.15, 0.2) is 48.7 Å². The summed E-state index contributed by atoms with van der Waals surface area (Å²) >= 11 is 0. The molecule has 1 aromatic carbocycles. The number of rotatable bonds is 1. The summed E-state index contributed by atoms with van der Waals surface area (Å²) in [5.41, 5.74) is 7.88. The molecule has 0 aliphatic rings. The first-order valence-electron chi connectivity index (χ1n) is 4.39. The molecular formula is C11H12N3+. The van der Waals surface area contributed by atoms with E-state index in [2.05, 4.69) is 0 Å². The van der Waals surface area contributed by atoms with Crippen molar-refractivity contribution < 1.29 is 4.68 Å². The van der Waals surface area contributed by atoms with Crippen molar-refractivity contribution in [1.82, 2.24) is 0 Å². The average molecular weight is 186 g/mol. The quantitative estimate of drug-likeness (QED) is 0.514. The Balaban J connectivity index is 2.58. The number of nitrogens with two attached hydrogens (primary N) is 2. The van der Waals surface area contributed by atoms with Crippen LogP contribution in [0.25, 0.3) is 11.1 Å². The van der Waals surface area contributed by atoms with Crippen molar-refractivity contribution in [3.63, 3.8) is 0 Å². The zero-order valence-corrected chi connectivity index (χ0v) is 7.72. The molecule has 0 saturated carbocycles. The first kappa shape index (κ1) is 8.56. The van der Waals surface area contributed by atoms with E-state index in [0.29, 0.717) is 5.82 Å². The minimum Gasteiger partial charge on any atom is -0.285 e. The van der Waals surface area contributed by atoms with Gasteiger partial charge in [0.2, 0.25) is 0 Å². The van der Waals surface area contributed by atoms with E-state index in [1.54, 1.807) is 6.20 Å². The van der Waals surface area contributed by atoms with Gasteiger partial charge in [-0.1, -0.05) is 30.3 Å². The summed E-state index contributed by atoms with van der Waals surface area (Å²) < 4.78 is 1.42. The van der Waals surface area contributed by atoms with Crippen LogP contribution in [0.1, 0.15) is 0 Å². The van der Waals surface area contributed by atoms with Crippen molar-refractivity contribution in [2.24, 2.45) is 0 Å². The average Bonchev–Trinajstić information content (AvgIpc) is 2.23. The van der Waals surface area contributed by atoms with Crippen LogP contribution in [0, 0.1) is 0 Å². The molecule has 0 bridgehead atoms. The largest absolute Gasteiger partial charge is 0.303 e. The van der Waals surface area contributed by atoms with Crippen LogP contribution >= 0.6 is 0 Å². The molecule has 0 aliphatic carbocycles. The molecule has 0 fully saturated rings. The van der Waals surface area contributed by atoms with Crippen molar-refractivity contribution in [2.75, 3.05) is 11.6 Å². The van der Waals surface area contributed by atoms with Gasteiger partial charge in [0.1, 0.15) is 6.20 Å². The predicted molar refractivity (Wildman–Crippen MR) is 56.6 cm³/mol. The van der Waals surface area contributed by atoms with E-state index in [0.717, 1.165) is 11.1 Å². The molecule has 0 aliphatic heterocycles. The third-order valence-electron chi connectivity index (χ3n) is 2.15. The van der Waals surface area contributed by atoms with Crippen molar-refractivity contribution in [3.8, 4) is 11.1 Å². The fraction of sp³-hybridized carbons (Fsp3) is 0. The van der Waals surface area contributed by atoms with Gasteiger partial charge in [0.05, 0.1) is 5.56 Å². The molecule has 1 aromatic heterocycles. The van der Waals surface area contributed by atoms with Crippen LogP contribution in [0.3, 0.4) is 0 Å². The molecule has 0 saturated heterocycles. The van der Waals surface area contributed by atoms with Gasteiger partial charge < -0.3 is 0 Å². The van der Waals surface area contributed by atoms with Crippen molar-refractivity contribution in [2.45, 2.75) is 0 Å². The van der Waals surface area contributed by atoms with Crippen LogP contribution in [-0.2, 0) is 0 Å². The molecule has 3 heteroatoms. The molecule has 2 aromatic rings. The second-order valence-electron chi connectivity index (χ2n) is 3.08. The Kier molecular flexibility index (Phi) is 2.07. The molecule has 4 N–H and O–H groups in total. The van der Waals surface area contributed by atoms with E-state index < -0.39 is 0 Å². The highest BCUT2D eigenvalue weighted by Crippen LogP contribution is 2.21. The Hall–Kier alpha value is -2.03. The maximum Gasteiger partial charge on any atom is 0.303 e. The smallest absolute Gasteiger partial charge is 0.285 e. The number of pyridine rings is 1. The fourth-order valence-corrected chi connectivity index (χ4v) is 1.40. The van der Waals surface area contributed by atoms with Gasteiger partial charge in [0.25, 0.3) is 0 Å². The maximum atomic E-state index is 5.85. The third kappa shape index (κ3) is 1.40. The predicted octanol–water partition coefficient (Wildman–Crippen LogP) is 0.937. The second kappa shape index (κ2) is 3.38. The highest BCUT2D eigenvalue weighted by molar-refractivity contribution is 5.71. The van der Waals surface area contributed by atoms with E-state index in [4.69, 9.17) is 11.6 Å². The van der Waals surface area contributed by atoms with Gasteiger partial charge in [-0.05, 0) is 17.7 Å². The lowest BCUT2D eigenvalue weighted by atomic mass is 10.1.